The van der Waals surface area contributed by atoms with Crippen LogP contribution in [0.15, 0.2) is 24.3 Å². The molecule has 6 nitrogen and oxygen atoms in total. The van der Waals surface area contributed by atoms with Crippen LogP contribution in [0.25, 0.3) is 0 Å². The molecule has 0 unspecified atom stereocenters. The number of benzene rings is 1. The quantitative estimate of drug-likeness (QED) is 0.769. The van der Waals surface area contributed by atoms with E-state index in [1.807, 2.05) is 11.8 Å². The Kier molecular flexibility index (Phi) is 5.89. The number of nitrogens with one attached hydrogen (secondary N) is 2. The lowest BCUT2D eigenvalue weighted by molar-refractivity contribution is 0.0697. The van der Waals surface area contributed by atoms with Crippen LogP contribution >= 0.6 is 11.8 Å². The number of carboxylic acid groups (broad SMARTS) is 1. The van der Waals surface area contributed by atoms with Crippen LogP contribution in [0, 0.1) is 0 Å². The maximum atomic E-state index is 11.7. The number of carboxylic acids is 1. The summed E-state index contributed by atoms with van der Waals surface area (Å²) in [4.78, 5) is 24.9. The number of carbonyl (C=O) groups excluding carboxylic acids is 1. The van der Waals surface area contributed by atoms with Crippen molar-refractivity contribution in [3.63, 3.8) is 0 Å². The average Bonchev–Trinajstić information content (AvgIpc) is 2.48. The van der Waals surface area contributed by atoms with Gasteiger partial charge in [0.1, 0.15) is 0 Å². The molecule has 2 amide bonds. The van der Waals surface area contributed by atoms with Gasteiger partial charge in [-0.1, -0.05) is 6.07 Å². The summed E-state index contributed by atoms with van der Waals surface area (Å²) in [7, 11) is 0. The number of hydrogen-bond acceptors (Lipinski definition) is 4. The molecule has 1 saturated heterocycles. The molecule has 114 valence electrons. The first kappa shape index (κ1) is 15.7. The normalized spacial score (nSPS) is 15.4. The average molecular weight is 309 g/mol. The highest BCUT2D eigenvalue weighted by atomic mass is 32.2. The predicted molar refractivity (Wildman–Crippen MR) is 84.2 cm³/mol. The van der Waals surface area contributed by atoms with Gasteiger partial charge in [-0.3, -0.25) is 4.90 Å². The van der Waals surface area contributed by atoms with E-state index in [1.54, 1.807) is 12.1 Å². The Balaban J connectivity index is 1.73. The molecule has 7 heteroatoms. The summed E-state index contributed by atoms with van der Waals surface area (Å²) in [6, 6.07) is 5.87. The number of anilines is 1. The van der Waals surface area contributed by atoms with E-state index in [1.165, 1.54) is 12.1 Å². The van der Waals surface area contributed by atoms with E-state index in [-0.39, 0.29) is 11.6 Å². The van der Waals surface area contributed by atoms with Crippen molar-refractivity contribution in [2.24, 2.45) is 0 Å². The molecule has 0 aromatic heterocycles. The third-order valence-electron chi connectivity index (χ3n) is 3.18. The first-order valence-corrected chi connectivity index (χ1v) is 7.99. The highest BCUT2D eigenvalue weighted by Crippen LogP contribution is 2.10. The highest BCUT2D eigenvalue weighted by Gasteiger charge is 2.10. The highest BCUT2D eigenvalue weighted by molar-refractivity contribution is 7.99. The summed E-state index contributed by atoms with van der Waals surface area (Å²) in [6.45, 7) is 3.54. The Labute approximate surface area is 127 Å². The largest absolute Gasteiger partial charge is 0.478 e. The summed E-state index contributed by atoms with van der Waals surface area (Å²) in [6.07, 6.45) is 0. The van der Waals surface area contributed by atoms with E-state index in [9.17, 15) is 9.59 Å². The molecule has 0 aliphatic carbocycles. The van der Waals surface area contributed by atoms with E-state index in [2.05, 4.69) is 15.5 Å². The molecule has 0 spiro atoms. The van der Waals surface area contributed by atoms with Gasteiger partial charge < -0.3 is 15.7 Å². The lowest BCUT2D eigenvalue weighted by atomic mass is 10.2. The van der Waals surface area contributed by atoms with Gasteiger partial charge in [-0.15, -0.1) is 0 Å². The molecule has 3 N–H and O–H groups in total. The third kappa shape index (κ3) is 5.28. The molecule has 21 heavy (non-hydrogen) atoms. The van der Waals surface area contributed by atoms with Crippen molar-refractivity contribution in [2.45, 2.75) is 0 Å². The number of carbonyl (C=O) groups is 2. The van der Waals surface area contributed by atoms with E-state index in [0.717, 1.165) is 31.1 Å². The fourth-order valence-corrected chi connectivity index (χ4v) is 3.04. The number of aromatic carboxylic acids is 1. The van der Waals surface area contributed by atoms with Crippen LogP contribution in [0.4, 0.5) is 10.5 Å². The first-order chi connectivity index (χ1) is 10.1. The molecule has 1 heterocycles. The van der Waals surface area contributed by atoms with Gasteiger partial charge in [0.2, 0.25) is 0 Å². The SMILES string of the molecule is O=C(NCCN1CCSCC1)Nc1cccc(C(=O)O)c1. The topological polar surface area (TPSA) is 81.7 Å². The Morgan fingerprint density at radius 2 is 2.05 bits per heavy atom. The summed E-state index contributed by atoms with van der Waals surface area (Å²) in [5, 5.41) is 14.3. The van der Waals surface area contributed by atoms with Gasteiger partial charge in [0.25, 0.3) is 0 Å². The number of urea groups is 1. The molecule has 0 atom stereocenters. The van der Waals surface area contributed by atoms with Gasteiger partial charge in [0, 0.05) is 43.4 Å². The zero-order valence-corrected chi connectivity index (χ0v) is 12.5. The Morgan fingerprint density at radius 3 is 2.76 bits per heavy atom. The van der Waals surface area contributed by atoms with Crippen molar-refractivity contribution < 1.29 is 14.7 Å². The standard InChI is InChI=1S/C14H19N3O3S/c18-13(19)11-2-1-3-12(10-11)16-14(20)15-4-5-17-6-8-21-9-7-17/h1-3,10H,4-9H2,(H,18,19)(H2,15,16,20). The molecule has 1 fully saturated rings. The van der Waals surface area contributed by atoms with Gasteiger partial charge in [-0.05, 0) is 18.2 Å². The molecule has 0 radical (unpaired) electrons. The second-order valence-corrected chi connectivity index (χ2v) is 5.95. The van der Waals surface area contributed by atoms with Gasteiger partial charge in [0.15, 0.2) is 0 Å². The smallest absolute Gasteiger partial charge is 0.335 e. The molecule has 2 rings (SSSR count). The fraction of sp³-hybridized carbons (Fsp3) is 0.429. The Bertz CT molecular complexity index is 504. The minimum Gasteiger partial charge on any atom is -0.478 e. The maximum absolute atomic E-state index is 11.7. The summed E-state index contributed by atoms with van der Waals surface area (Å²) < 4.78 is 0. The molecule has 0 bridgehead atoms. The van der Waals surface area contributed by atoms with Crippen LogP contribution in [0.5, 0.6) is 0 Å². The number of hydrogen-bond donors (Lipinski definition) is 3. The van der Waals surface area contributed by atoms with Crippen molar-refractivity contribution in [3.8, 4) is 0 Å². The van der Waals surface area contributed by atoms with Crippen LogP contribution in [0.2, 0.25) is 0 Å². The van der Waals surface area contributed by atoms with Crippen LogP contribution in [0.3, 0.4) is 0 Å². The van der Waals surface area contributed by atoms with Crippen LogP contribution in [0.1, 0.15) is 10.4 Å². The molecule has 1 aromatic rings. The number of rotatable bonds is 5. The van der Waals surface area contributed by atoms with Crippen LogP contribution < -0.4 is 10.6 Å². The molecule has 1 aliphatic rings. The second kappa shape index (κ2) is 7.90. The van der Waals surface area contributed by atoms with Gasteiger partial charge in [-0.2, -0.15) is 11.8 Å². The molecular formula is C14H19N3O3S. The van der Waals surface area contributed by atoms with Gasteiger partial charge >= 0.3 is 12.0 Å². The third-order valence-corrected chi connectivity index (χ3v) is 4.13. The lowest BCUT2D eigenvalue weighted by Gasteiger charge is -2.25. The molecular weight excluding hydrogens is 290 g/mol. The Morgan fingerprint density at radius 1 is 1.29 bits per heavy atom. The van der Waals surface area contributed by atoms with Crippen molar-refractivity contribution >= 4 is 29.4 Å². The van der Waals surface area contributed by atoms with Gasteiger partial charge in [0.05, 0.1) is 5.56 Å². The van der Waals surface area contributed by atoms with E-state index >= 15 is 0 Å². The van der Waals surface area contributed by atoms with Crippen molar-refractivity contribution in [3.05, 3.63) is 29.8 Å². The number of thioether (sulfide) groups is 1. The van der Waals surface area contributed by atoms with E-state index in [0.29, 0.717) is 12.2 Å². The monoisotopic (exact) mass is 309 g/mol. The summed E-state index contributed by atoms with van der Waals surface area (Å²) >= 11 is 1.95. The fourth-order valence-electron chi connectivity index (χ4n) is 2.06. The number of amides is 2. The zero-order valence-electron chi connectivity index (χ0n) is 11.7. The van der Waals surface area contributed by atoms with E-state index in [4.69, 9.17) is 5.11 Å². The summed E-state index contributed by atoms with van der Waals surface area (Å²) in [5.74, 6) is 1.28. The van der Waals surface area contributed by atoms with Crippen molar-refractivity contribution in [2.75, 3.05) is 43.0 Å². The summed E-state index contributed by atoms with van der Waals surface area (Å²) in [5.41, 5.74) is 0.625. The van der Waals surface area contributed by atoms with E-state index < -0.39 is 5.97 Å². The maximum Gasteiger partial charge on any atom is 0.335 e. The minimum absolute atomic E-state index is 0.151. The Hall–Kier alpha value is -1.73. The number of nitrogens with zero attached hydrogens (tertiary/aromatic N) is 1. The van der Waals surface area contributed by atoms with Crippen LogP contribution in [-0.2, 0) is 0 Å². The molecule has 1 aromatic carbocycles. The van der Waals surface area contributed by atoms with Gasteiger partial charge in [-0.25, -0.2) is 9.59 Å². The predicted octanol–water partition coefficient (Wildman–Crippen LogP) is 1.56. The lowest BCUT2D eigenvalue weighted by Crippen LogP contribution is -2.40. The molecule has 1 aliphatic heterocycles. The first-order valence-electron chi connectivity index (χ1n) is 6.83. The zero-order chi connectivity index (χ0) is 15.1. The second-order valence-electron chi connectivity index (χ2n) is 4.72. The molecule has 0 saturated carbocycles. The van der Waals surface area contributed by atoms with Crippen LogP contribution in [-0.4, -0.2) is 59.7 Å². The van der Waals surface area contributed by atoms with Crippen molar-refractivity contribution in [1.29, 1.82) is 0 Å². The van der Waals surface area contributed by atoms with Crippen molar-refractivity contribution in [1.82, 2.24) is 10.2 Å². The minimum atomic E-state index is -1.01.